The van der Waals surface area contributed by atoms with Gasteiger partial charge in [0.1, 0.15) is 11.6 Å². The number of aromatic carboxylic acids is 1. The lowest BCUT2D eigenvalue weighted by Crippen LogP contribution is -2.13. The molecular weight excluding hydrogens is 468 g/mol. The van der Waals surface area contributed by atoms with Gasteiger partial charge in [0.25, 0.3) is 0 Å². The number of para-hydroxylation sites is 1. The average molecular weight is 482 g/mol. The second-order valence-corrected chi connectivity index (χ2v) is 7.34. The lowest BCUT2D eigenvalue weighted by molar-refractivity contribution is 0.0697. The highest BCUT2D eigenvalue weighted by Gasteiger charge is 2.24. The number of tetrazole rings is 1. The van der Waals surface area contributed by atoms with Crippen LogP contribution in [-0.4, -0.2) is 37.1 Å². The molecule has 1 heterocycles. The van der Waals surface area contributed by atoms with E-state index >= 15 is 0 Å². The number of halogens is 3. The third-order valence-electron chi connectivity index (χ3n) is 4.72. The van der Waals surface area contributed by atoms with Crippen molar-refractivity contribution in [1.82, 2.24) is 20.2 Å². The topological polar surface area (TPSA) is 110 Å². The summed E-state index contributed by atoms with van der Waals surface area (Å²) >= 11 is 5.99. The Bertz CT molecular complexity index is 1420. The van der Waals surface area contributed by atoms with Crippen LogP contribution in [-0.2, 0) is 0 Å². The molecule has 3 aromatic carbocycles. The Morgan fingerprint density at radius 1 is 1.00 bits per heavy atom. The molecule has 11 heteroatoms. The smallest absolute Gasteiger partial charge is 0.337 e. The number of anilines is 1. The predicted octanol–water partition coefficient (Wildman–Crippen LogP) is 4.63. The van der Waals surface area contributed by atoms with Gasteiger partial charge in [-0.05, 0) is 52.9 Å². The number of ketones is 1. The van der Waals surface area contributed by atoms with Gasteiger partial charge >= 0.3 is 5.97 Å². The van der Waals surface area contributed by atoms with Crippen LogP contribution in [0.25, 0.3) is 11.3 Å². The summed E-state index contributed by atoms with van der Waals surface area (Å²) in [7, 11) is 0. The van der Waals surface area contributed by atoms with Gasteiger partial charge in [0.15, 0.2) is 5.82 Å². The van der Waals surface area contributed by atoms with E-state index < -0.39 is 29.0 Å². The van der Waals surface area contributed by atoms with Crippen molar-refractivity contribution < 1.29 is 23.5 Å². The molecule has 0 fully saturated rings. The zero-order chi connectivity index (χ0) is 24.2. The number of hydrogen-bond donors (Lipinski definition) is 2. The zero-order valence-electron chi connectivity index (χ0n) is 17.1. The largest absolute Gasteiger partial charge is 0.478 e. The first-order chi connectivity index (χ1) is 16.3. The van der Waals surface area contributed by atoms with Crippen LogP contribution in [0.5, 0.6) is 0 Å². The normalized spacial score (nSPS) is 11.3. The van der Waals surface area contributed by atoms with Crippen molar-refractivity contribution in [3.05, 3.63) is 107 Å². The fourth-order valence-corrected chi connectivity index (χ4v) is 3.29. The number of carbonyl (C=O) groups excluding carboxylic acids is 1. The summed E-state index contributed by atoms with van der Waals surface area (Å²) in [5.74, 6) is -4.10. The van der Waals surface area contributed by atoms with Crippen LogP contribution >= 0.6 is 11.6 Å². The first-order valence-electron chi connectivity index (χ1n) is 9.68. The number of carbonyl (C=O) groups is 2. The third-order valence-corrected chi connectivity index (χ3v) is 4.95. The second-order valence-electron chi connectivity index (χ2n) is 6.90. The average Bonchev–Trinajstić information content (AvgIpc) is 3.29. The fourth-order valence-electron chi connectivity index (χ4n) is 3.12. The van der Waals surface area contributed by atoms with E-state index in [1.807, 2.05) is 0 Å². The molecule has 0 saturated heterocycles. The van der Waals surface area contributed by atoms with Crippen molar-refractivity contribution in [2.45, 2.75) is 0 Å². The maximum absolute atomic E-state index is 14.5. The number of aromatic nitrogens is 4. The first kappa shape index (κ1) is 22.7. The number of Topliss-reactive ketones (excluding diaryl/α,β-unsaturated/α-hetero) is 1. The van der Waals surface area contributed by atoms with E-state index in [9.17, 15) is 23.5 Å². The molecule has 0 radical (unpaired) electrons. The van der Waals surface area contributed by atoms with Crippen molar-refractivity contribution >= 4 is 34.6 Å². The number of hydrogen-bond acceptors (Lipinski definition) is 6. The van der Waals surface area contributed by atoms with Crippen molar-refractivity contribution in [3.8, 4) is 5.69 Å². The summed E-state index contributed by atoms with van der Waals surface area (Å²) in [5, 5.41) is 23.9. The number of carboxylic acid groups (broad SMARTS) is 1. The molecule has 0 saturated carbocycles. The fraction of sp³-hybridized carbons (Fsp3) is 0. The third kappa shape index (κ3) is 4.66. The van der Waals surface area contributed by atoms with Gasteiger partial charge in [-0.25, -0.2) is 13.6 Å². The molecule has 0 atom stereocenters. The minimum absolute atomic E-state index is 0.0636. The molecule has 170 valence electrons. The first-order valence-corrected chi connectivity index (χ1v) is 10.1. The van der Waals surface area contributed by atoms with E-state index in [0.717, 1.165) is 18.3 Å². The Kier molecular flexibility index (Phi) is 6.42. The highest BCUT2D eigenvalue weighted by atomic mass is 35.5. The molecule has 8 nitrogen and oxygen atoms in total. The quantitative estimate of drug-likeness (QED) is 0.292. The number of nitrogens with one attached hydrogen (secondary N) is 1. The van der Waals surface area contributed by atoms with Crippen molar-refractivity contribution in [2.24, 2.45) is 0 Å². The molecule has 4 rings (SSSR count). The SMILES string of the molecule is O=C(/C(=C\Nc1cc(Cl)ccc1C(=O)O)c1nnnn1-c1ccccc1)c1ccc(F)cc1F. The van der Waals surface area contributed by atoms with Crippen molar-refractivity contribution in [3.63, 3.8) is 0 Å². The lowest BCUT2D eigenvalue weighted by atomic mass is 10.0. The van der Waals surface area contributed by atoms with Crippen LogP contribution in [0.1, 0.15) is 26.5 Å². The van der Waals surface area contributed by atoms with E-state index in [4.69, 9.17) is 11.6 Å². The van der Waals surface area contributed by atoms with E-state index in [2.05, 4.69) is 20.8 Å². The minimum Gasteiger partial charge on any atom is -0.478 e. The number of rotatable bonds is 7. The summed E-state index contributed by atoms with van der Waals surface area (Å²) in [6, 6.07) is 15.2. The number of nitrogens with zero attached hydrogens (tertiary/aromatic N) is 4. The molecule has 4 aromatic rings. The molecule has 0 amide bonds. The molecule has 1 aromatic heterocycles. The summed E-state index contributed by atoms with van der Waals surface area (Å²) in [4.78, 5) is 24.9. The van der Waals surface area contributed by atoms with Gasteiger partial charge in [-0.1, -0.05) is 29.8 Å². The van der Waals surface area contributed by atoms with Gasteiger partial charge in [0.05, 0.1) is 28.1 Å². The molecule has 0 aliphatic rings. The second kappa shape index (κ2) is 9.59. The Morgan fingerprint density at radius 2 is 1.74 bits per heavy atom. The molecular formula is C23H14ClF2N5O3. The molecule has 0 aliphatic heterocycles. The minimum atomic E-state index is -1.24. The van der Waals surface area contributed by atoms with Crippen molar-refractivity contribution in [1.29, 1.82) is 0 Å². The summed E-state index contributed by atoms with van der Waals surface area (Å²) in [5.41, 5.74) is -0.182. The summed E-state index contributed by atoms with van der Waals surface area (Å²) < 4.78 is 29.1. The Labute approximate surface area is 196 Å². The van der Waals surface area contributed by atoms with E-state index in [0.29, 0.717) is 11.8 Å². The van der Waals surface area contributed by atoms with Gasteiger partial charge in [0.2, 0.25) is 5.78 Å². The van der Waals surface area contributed by atoms with E-state index in [1.54, 1.807) is 30.3 Å². The highest BCUT2D eigenvalue weighted by Crippen LogP contribution is 2.25. The predicted molar refractivity (Wildman–Crippen MR) is 120 cm³/mol. The Balaban J connectivity index is 1.85. The number of allylic oxidation sites excluding steroid dienone is 1. The van der Waals surface area contributed by atoms with Gasteiger partial charge in [-0.2, -0.15) is 4.68 Å². The number of benzene rings is 3. The maximum atomic E-state index is 14.5. The number of carboxylic acids is 1. The summed E-state index contributed by atoms with van der Waals surface area (Å²) in [6.45, 7) is 0. The van der Waals surface area contributed by atoms with Crippen LogP contribution in [0.2, 0.25) is 5.02 Å². The van der Waals surface area contributed by atoms with Crippen LogP contribution in [0.15, 0.2) is 72.9 Å². The van der Waals surface area contributed by atoms with Crippen molar-refractivity contribution in [2.75, 3.05) is 5.32 Å². The zero-order valence-corrected chi connectivity index (χ0v) is 17.9. The lowest BCUT2D eigenvalue weighted by Gasteiger charge is -2.11. The highest BCUT2D eigenvalue weighted by molar-refractivity contribution is 6.31. The molecule has 2 N–H and O–H groups in total. The van der Waals surface area contributed by atoms with Gasteiger partial charge < -0.3 is 10.4 Å². The molecule has 0 spiro atoms. The Hall–Kier alpha value is -4.44. The van der Waals surface area contributed by atoms with Crippen LogP contribution < -0.4 is 5.32 Å². The molecule has 0 bridgehead atoms. The standard InChI is InChI=1S/C23H14ClF2N5O3/c24-13-6-8-17(23(33)34)20(10-13)27-12-18(21(32)16-9-7-14(25)11-19(16)26)22-28-29-30-31(22)15-4-2-1-3-5-15/h1-12,27H,(H,33,34)/b18-12+. The summed E-state index contributed by atoms with van der Waals surface area (Å²) in [6.07, 6.45) is 1.15. The van der Waals surface area contributed by atoms with Gasteiger partial charge in [-0.3, -0.25) is 4.79 Å². The van der Waals surface area contributed by atoms with Crippen LogP contribution in [0.4, 0.5) is 14.5 Å². The monoisotopic (exact) mass is 481 g/mol. The van der Waals surface area contributed by atoms with Gasteiger partial charge in [-0.15, -0.1) is 5.10 Å². The molecule has 0 aliphatic carbocycles. The van der Waals surface area contributed by atoms with Gasteiger partial charge in [0, 0.05) is 17.3 Å². The van der Waals surface area contributed by atoms with Crippen LogP contribution in [0.3, 0.4) is 0 Å². The maximum Gasteiger partial charge on any atom is 0.337 e. The van der Waals surface area contributed by atoms with Crippen LogP contribution in [0, 0.1) is 11.6 Å². The van der Waals surface area contributed by atoms with E-state index in [1.165, 1.54) is 22.9 Å². The van der Waals surface area contributed by atoms with E-state index in [-0.39, 0.29) is 27.7 Å². The molecule has 34 heavy (non-hydrogen) atoms. The Morgan fingerprint density at radius 3 is 2.44 bits per heavy atom. The molecule has 0 unspecified atom stereocenters.